The highest BCUT2D eigenvalue weighted by Gasteiger charge is 2.34. The van der Waals surface area contributed by atoms with Crippen LogP contribution in [0.1, 0.15) is 24.1 Å². The number of aromatic nitrogens is 2. The Labute approximate surface area is 126 Å². The first kappa shape index (κ1) is 14.5. The van der Waals surface area contributed by atoms with E-state index in [1.807, 2.05) is 23.6 Å². The van der Waals surface area contributed by atoms with Gasteiger partial charge in [0.25, 0.3) is 0 Å². The average Bonchev–Trinajstić information content (AvgIpc) is 3.06. The van der Waals surface area contributed by atoms with Crippen molar-refractivity contribution in [1.82, 2.24) is 24.9 Å². The van der Waals surface area contributed by atoms with E-state index in [4.69, 9.17) is 0 Å². The van der Waals surface area contributed by atoms with Gasteiger partial charge in [-0.2, -0.15) is 5.10 Å². The molecule has 0 aliphatic carbocycles. The van der Waals surface area contributed by atoms with E-state index >= 15 is 0 Å². The molecule has 1 unspecified atom stereocenters. The first-order chi connectivity index (χ1) is 10.1. The summed E-state index contributed by atoms with van der Waals surface area (Å²) in [5, 5.41) is 7.70. The maximum absolute atomic E-state index is 12.7. The number of nitrogens with zero attached hydrogens (tertiary/aromatic N) is 4. The standard InChI is InChI=1S/C15H25N5O/c1-12-13(10-18(2)17-12)11-20-7-3-4-14(20)15(21)19-8-5-16-6-9-19/h10,14,16H,3-9,11H2,1-2H3. The van der Waals surface area contributed by atoms with Gasteiger partial charge in [-0.15, -0.1) is 0 Å². The molecule has 2 fully saturated rings. The van der Waals surface area contributed by atoms with Gasteiger partial charge in [0.15, 0.2) is 0 Å². The molecule has 0 aromatic carbocycles. The SMILES string of the molecule is Cc1nn(C)cc1CN1CCCC1C(=O)N1CCNCC1. The molecule has 6 heteroatoms. The average molecular weight is 291 g/mol. The number of likely N-dealkylation sites (tertiary alicyclic amines) is 1. The maximum atomic E-state index is 12.7. The Morgan fingerprint density at radius 1 is 1.38 bits per heavy atom. The summed E-state index contributed by atoms with van der Waals surface area (Å²) in [6, 6.07) is 0.0581. The molecule has 1 amide bonds. The largest absolute Gasteiger partial charge is 0.339 e. The van der Waals surface area contributed by atoms with E-state index in [2.05, 4.69) is 21.5 Å². The van der Waals surface area contributed by atoms with Crippen LogP contribution in [0.3, 0.4) is 0 Å². The summed E-state index contributed by atoms with van der Waals surface area (Å²) in [7, 11) is 1.95. The molecule has 1 atom stereocenters. The Kier molecular flexibility index (Phi) is 4.26. The highest BCUT2D eigenvalue weighted by Crippen LogP contribution is 2.23. The molecular weight excluding hydrogens is 266 g/mol. The van der Waals surface area contributed by atoms with E-state index < -0.39 is 0 Å². The van der Waals surface area contributed by atoms with Gasteiger partial charge in [-0.1, -0.05) is 0 Å². The third-order valence-electron chi connectivity index (χ3n) is 4.57. The second-order valence-corrected chi connectivity index (χ2v) is 6.12. The number of rotatable bonds is 3. The predicted molar refractivity (Wildman–Crippen MR) is 80.8 cm³/mol. The van der Waals surface area contributed by atoms with Crippen molar-refractivity contribution in [3.63, 3.8) is 0 Å². The summed E-state index contributed by atoms with van der Waals surface area (Å²) < 4.78 is 1.86. The fourth-order valence-corrected chi connectivity index (χ4v) is 3.41. The van der Waals surface area contributed by atoms with Crippen LogP contribution in [-0.4, -0.2) is 64.3 Å². The molecule has 0 saturated carbocycles. The summed E-state index contributed by atoms with van der Waals surface area (Å²) in [5.41, 5.74) is 2.30. The molecule has 3 rings (SSSR count). The second kappa shape index (κ2) is 6.15. The van der Waals surface area contributed by atoms with Gasteiger partial charge in [0.05, 0.1) is 11.7 Å². The molecule has 1 aromatic rings. The van der Waals surface area contributed by atoms with Crippen molar-refractivity contribution in [2.24, 2.45) is 7.05 Å². The lowest BCUT2D eigenvalue weighted by Crippen LogP contribution is -2.52. The number of hydrogen-bond donors (Lipinski definition) is 1. The fraction of sp³-hybridized carbons (Fsp3) is 0.733. The molecule has 0 spiro atoms. The lowest BCUT2D eigenvalue weighted by Gasteiger charge is -2.32. The Bertz CT molecular complexity index is 506. The summed E-state index contributed by atoms with van der Waals surface area (Å²) in [4.78, 5) is 17.1. The lowest BCUT2D eigenvalue weighted by atomic mass is 10.1. The van der Waals surface area contributed by atoms with Gasteiger partial charge >= 0.3 is 0 Å². The summed E-state index contributed by atoms with van der Waals surface area (Å²) >= 11 is 0. The molecule has 0 bridgehead atoms. The van der Waals surface area contributed by atoms with Crippen molar-refractivity contribution < 1.29 is 4.79 Å². The van der Waals surface area contributed by atoms with E-state index in [-0.39, 0.29) is 6.04 Å². The van der Waals surface area contributed by atoms with Gasteiger partial charge < -0.3 is 10.2 Å². The Balaban J connectivity index is 1.67. The molecule has 116 valence electrons. The molecule has 1 aromatic heterocycles. The van der Waals surface area contributed by atoms with Crippen molar-refractivity contribution in [3.8, 4) is 0 Å². The van der Waals surface area contributed by atoms with Crippen LogP contribution in [0.2, 0.25) is 0 Å². The number of nitrogens with one attached hydrogen (secondary N) is 1. The summed E-state index contributed by atoms with van der Waals surface area (Å²) in [5.74, 6) is 0.315. The van der Waals surface area contributed by atoms with Crippen LogP contribution >= 0.6 is 0 Å². The molecule has 0 radical (unpaired) electrons. The molecule has 2 aliphatic rings. The molecule has 21 heavy (non-hydrogen) atoms. The van der Waals surface area contributed by atoms with Gasteiger partial charge in [0, 0.05) is 51.5 Å². The minimum absolute atomic E-state index is 0.0581. The number of aryl methyl sites for hydroxylation is 2. The van der Waals surface area contributed by atoms with Crippen LogP contribution in [0.4, 0.5) is 0 Å². The first-order valence-corrected chi connectivity index (χ1v) is 7.88. The van der Waals surface area contributed by atoms with Crippen molar-refractivity contribution in [1.29, 1.82) is 0 Å². The lowest BCUT2D eigenvalue weighted by molar-refractivity contribution is -0.136. The van der Waals surface area contributed by atoms with Gasteiger partial charge in [-0.05, 0) is 26.3 Å². The van der Waals surface area contributed by atoms with Crippen LogP contribution < -0.4 is 5.32 Å². The number of amides is 1. The summed E-state index contributed by atoms with van der Waals surface area (Å²) in [6.07, 6.45) is 4.17. The van der Waals surface area contributed by atoms with Crippen molar-refractivity contribution >= 4 is 5.91 Å². The van der Waals surface area contributed by atoms with E-state index in [1.54, 1.807) is 0 Å². The van der Waals surface area contributed by atoms with E-state index in [1.165, 1.54) is 5.56 Å². The normalized spacial score (nSPS) is 23.7. The Morgan fingerprint density at radius 2 is 2.14 bits per heavy atom. The fourth-order valence-electron chi connectivity index (χ4n) is 3.41. The predicted octanol–water partition coefficient (Wildman–Crippen LogP) is 0.125. The minimum Gasteiger partial charge on any atom is -0.339 e. The number of carbonyl (C=O) groups excluding carboxylic acids is 1. The number of hydrogen-bond acceptors (Lipinski definition) is 4. The van der Waals surface area contributed by atoms with Crippen LogP contribution in [0.15, 0.2) is 6.20 Å². The number of piperazine rings is 1. The zero-order valence-electron chi connectivity index (χ0n) is 13.0. The monoisotopic (exact) mass is 291 g/mol. The molecule has 3 heterocycles. The molecule has 2 saturated heterocycles. The van der Waals surface area contributed by atoms with E-state index in [0.29, 0.717) is 5.91 Å². The zero-order chi connectivity index (χ0) is 14.8. The van der Waals surface area contributed by atoms with Crippen LogP contribution in [0, 0.1) is 6.92 Å². The highest BCUT2D eigenvalue weighted by molar-refractivity contribution is 5.82. The van der Waals surface area contributed by atoms with Gasteiger partial charge in [0.1, 0.15) is 0 Å². The molecule has 6 nitrogen and oxygen atoms in total. The minimum atomic E-state index is 0.0581. The molecule has 1 N–H and O–H groups in total. The Hall–Kier alpha value is -1.40. The van der Waals surface area contributed by atoms with Crippen LogP contribution in [-0.2, 0) is 18.4 Å². The molecular formula is C15H25N5O. The van der Waals surface area contributed by atoms with Crippen LogP contribution in [0.5, 0.6) is 0 Å². The summed E-state index contributed by atoms with van der Waals surface area (Å²) in [6.45, 7) is 7.40. The molecule has 2 aliphatic heterocycles. The maximum Gasteiger partial charge on any atom is 0.240 e. The number of carbonyl (C=O) groups is 1. The van der Waals surface area contributed by atoms with Gasteiger partial charge in [-0.25, -0.2) is 0 Å². The van der Waals surface area contributed by atoms with E-state index in [9.17, 15) is 4.79 Å². The highest BCUT2D eigenvalue weighted by atomic mass is 16.2. The smallest absolute Gasteiger partial charge is 0.240 e. The second-order valence-electron chi connectivity index (χ2n) is 6.12. The zero-order valence-corrected chi connectivity index (χ0v) is 13.0. The van der Waals surface area contributed by atoms with Crippen molar-refractivity contribution in [2.75, 3.05) is 32.7 Å². The van der Waals surface area contributed by atoms with Crippen LogP contribution in [0.25, 0.3) is 0 Å². The quantitative estimate of drug-likeness (QED) is 0.860. The topological polar surface area (TPSA) is 53.4 Å². The van der Waals surface area contributed by atoms with Crippen molar-refractivity contribution in [2.45, 2.75) is 32.4 Å². The van der Waals surface area contributed by atoms with E-state index in [0.717, 1.165) is 57.8 Å². The van der Waals surface area contributed by atoms with Crippen molar-refractivity contribution in [3.05, 3.63) is 17.5 Å². The third kappa shape index (κ3) is 3.11. The third-order valence-corrected chi connectivity index (χ3v) is 4.57. The Morgan fingerprint density at radius 3 is 2.81 bits per heavy atom. The van der Waals surface area contributed by atoms with Gasteiger partial charge in [-0.3, -0.25) is 14.4 Å². The first-order valence-electron chi connectivity index (χ1n) is 7.88. The van der Waals surface area contributed by atoms with Gasteiger partial charge in [0.2, 0.25) is 5.91 Å².